The van der Waals surface area contributed by atoms with E-state index in [1.807, 2.05) is 35.9 Å². The average Bonchev–Trinajstić information content (AvgIpc) is 3.53. The standard InChI is InChI=1S/C41H43FN4O2SSi/c1-29-24-31(16-21-37(29)45-27-30(2)44-28-45)25-33-26-43-40(49)46(39(33)47)38(32-17-19-34(42)20-18-32)22-23-48-50(41(3,4)5,35-12-8-6-9-13-35)36-14-10-7-11-15-36/h6-21,24,26-28,38H,22-23,25H2,1-5H3,(H,43,49)/t38-/m1/s1. The van der Waals surface area contributed by atoms with Gasteiger partial charge in [0.15, 0.2) is 4.77 Å². The molecule has 6 rings (SSSR count). The molecule has 0 saturated carbocycles. The average molecular weight is 703 g/mol. The van der Waals surface area contributed by atoms with E-state index in [1.165, 1.54) is 22.5 Å². The summed E-state index contributed by atoms with van der Waals surface area (Å²) in [5.41, 5.74) is 5.26. The van der Waals surface area contributed by atoms with Crippen molar-refractivity contribution in [3.63, 3.8) is 0 Å². The van der Waals surface area contributed by atoms with Crippen molar-refractivity contribution in [1.82, 2.24) is 19.1 Å². The number of H-pyrrole nitrogens is 1. The number of aryl methyl sites for hydroxylation is 2. The summed E-state index contributed by atoms with van der Waals surface area (Å²) in [6.45, 7) is 11.1. The Morgan fingerprint density at radius 2 is 1.56 bits per heavy atom. The number of hydrogen-bond acceptors (Lipinski definition) is 4. The van der Waals surface area contributed by atoms with Gasteiger partial charge < -0.3 is 14.0 Å². The monoisotopic (exact) mass is 702 g/mol. The van der Waals surface area contributed by atoms with E-state index in [4.69, 9.17) is 16.6 Å². The smallest absolute Gasteiger partial charge is 0.261 e. The first-order valence-electron chi connectivity index (χ1n) is 16.9. The third-order valence-corrected chi connectivity index (χ3v) is 14.8. The summed E-state index contributed by atoms with van der Waals surface area (Å²) in [5.74, 6) is -0.341. The highest BCUT2D eigenvalue weighted by molar-refractivity contribution is 7.71. The number of nitrogens with one attached hydrogen (secondary N) is 1. The molecular weight excluding hydrogens is 660 g/mol. The lowest BCUT2D eigenvalue weighted by Crippen LogP contribution is -2.66. The Balaban J connectivity index is 1.36. The van der Waals surface area contributed by atoms with E-state index in [0.717, 1.165) is 28.1 Å². The zero-order chi connectivity index (χ0) is 35.5. The molecule has 1 atom stereocenters. The van der Waals surface area contributed by atoms with E-state index in [9.17, 15) is 9.18 Å². The molecule has 2 heterocycles. The molecule has 256 valence electrons. The summed E-state index contributed by atoms with van der Waals surface area (Å²) >= 11 is 5.79. The van der Waals surface area contributed by atoms with E-state index in [2.05, 4.69) is 98.3 Å². The Morgan fingerprint density at radius 1 is 0.920 bits per heavy atom. The summed E-state index contributed by atoms with van der Waals surface area (Å²) in [4.78, 5) is 21.9. The maximum atomic E-state index is 14.4. The molecule has 0 fully saturated rings. The molecule has 0 spiro atoms. The van der Waals surface area contributed by atoms with Crippen molar-refractivity contribution in [2.75, 3.05) is 6.61 Å². The third-order valence-electron chi connectivity index (χ3n) is 9.42. The van der Waals surface area contributed by atoms with Crippen molar-refractivity contribution < 1.29 is 8.82 Å². The number of nitrogens with zero attached hydrogens (tertiary/aromatic N) is 3. The molecule has 0 unspecified atom stereocenters. The van der Waals surface area contributed by atoms with Gasteiger partial charge in [0.05, 0.1) is 18.1 Å². The van der Waals surface area contributed by atoms with Crippen LogP contribution in [0, 0.1) is 24.4 Å². The van der Waals surface area contributed by atoms with E-state index >= 15 is 0 Å². The van der Waals surface area contributed by atoms with Crippen LogP contribution in [0.5, 0.6) is 0 Å². The fourth-order valence-corrected chi connectivity index (χ4v) is 11.9. The van der Waals surface area contributed by atoms with Crippen molar-refractivity contribution in [1.29, 1.82) is 0 Å². The molecule has 0 bridgehead atoms. The first-order valence-corrected chi connectivity index (χ1v) is 19.2. The summed E-state index contributed by atoms with van der Waals surface area (Å²) < 4.78 is 25.4. The van der Waals surface area contributed by atoms with Crippen molar-refractivity contribution in [3.05, 3.63) is 171 Å². The van der Waals surface area contributed by atoms with Crippen LogP contribution in [0.4, 0.5) is 4.39 Å². The number of imidazole rings is 1. The number of aromatic nitrogens is 4. The van der Waals surface area contributed by atoms with Crippen LogP contribution in [0.2, 0.25) is 5.04 Å². The van der Waals surface area contributed by atoms with Gasteiger partial charge in [-0.25, -0.2) is 9.37 Å². The van der Waals surface area contributed by atoms with Crippen molar-refractivity contribution >= 4 is 30.9 Å². The molecule has 0 aliphatic carbocycles. The van der Waals surface area contributed by atoms with Gasteiger partial charge in [0.2, 0.25) is 0 Å². The fraction of sp³-hybridized carbons (Fsp3) is 0.244. The van der Waals surface area contributed by atoms with Gasteiger partial charge in [0, 0.05) is 36.7 Å². The molecule has 0 saturated heterocycles. The molecule has 4 aromatic carbocycles. The second-order valence-electron chi connectivity index (χ2n) is 13.9. The molecule has 0 aliphatic rings. The Morgan fingerprint density at radius 3 is 2.12 bits per heavy atom. The largest absolute Gasteiger partial charge is 0.407 e. The van der Waals surface area contributed by atoms with Crippen LogP contribution < -0.4 is 15.9 Å². The first kappa shape index (κ1) is 35.1. The van der Waals surface area contributed by atoms with Crippen LogP contribution in [0.1, 0.15) is 61.2 Å². The van der Waals surface area contributed by atoms with Gasteiger partial charge in [-0.15, -0.1) is 0 Å². The zero-order valence-electron chi connectivity index (χ0n) is 29.2. The Kier molecular flexibility index (Phi) is 10.3. The van der Waals surface area contributed by atoms with Crippen LogP contribution in [0.25, 0.3) is 5.69 Å². The van der Waals surface area contributed by atoms with Crippen LogP contribution >= 0.6 is 12.2 Å². The third kappa shape index (κ3) is 7.12. The second-order valence-corrected chi connectivity index (χ2v) is 18.6. The highest BCUT2D eigenvalue weighted by atomic mass is 32.1. The molecule has 50 heavy (non-hydrogen) atoms. The van der Waals surface area contributed by atoms with Crippen molar-refractivity contribution in [2.45, 2.75) is 58.5 Å². The van der Waals surface area contributed by atoms with Crippen molar-refractivity contribution in [3.8, 4) is 5.69 Å². The number of benzene rings is 4. The second kappa shape index (κ2) is 14.6. The van der Waals surface area contributed by atoms with Gasteiger partial charge in [-0.3, -0.25) is 9.36 Å². The molecule has 1 N–H and O–H groups in total. The van der Waals surface area contributed by atoms with Crippen LogP contribution in [-0.4, -0.2) is 34.0 Å². The van der Waals surface area contributed by atoms with Crippen LogP contribution in [0.3, 0.4) is 0 Å². The quantitative estimate of drug-likeness (QED) is 0.110. The summed E-state index contributed by atoms with van der Waals surface area (Å²) in [6.07, 6.45) is 6.38. The predicted molar refractivity (Wildman–Crippen MR) is 204 cm³/mol. The minimum absolute atomic E-state index is 0.180. The van der Waals surface area contributed by atoms with Gasteiger partial charge in [0.1, 0.15) is 5.82 Å². The van der Waals surface area contributed by atoms with Gasteiger partial charge in [0.25, 0.3) is 13.9 Å². The molecule has 6 nitrogen and oxygen atoms in total. The van der Waals surface area contributed by atoms with Crippen LogP contribution in [0.15, 0.2) is 127 Å². The SMILES string of the molecule is Cc1cn(-c2ccc(Cc3c[nH]c(=S)n([C@H](CCO[Si](c4ccccc4)(c4ccccc4)C(C)(C)C)c4ccc(F)cc4)c3=O)cc2C)cn1. The lowest BCUT2D eigenvalue weighted by Gasteiger charge is -2.43. The van der Waals surface area contributed by atoms with Gasteiger partial charge in [-0.1, -0.05) is 106 Å². The number of aromatic amines is 1. The molecule has 6 aromatic rings. The molecule has 0 aliphatic heterocycles. The summed E-state index contributed by atoms with van der Waals surface area (Å²) in [5, 5.41) is 2.15. The summed E-state index contributed by atoms with van der Waals surface area (Å²) in [6, 6.07) is 33.0. The Hall–Kier alpha value is -4.70. The lowest BCUT2D eigenvalue weighted by molar-refractivity contribution is 0.270. The first-order chi connectivity index (χ1) is 24.0. The minimum atomic E-state index is -2.84. The summed E-state index contributed by atoms with van der Waals surface area (Å²) in [7, 11) is -2.84. The molecular formula is C41H43FN4O2SSi. The molecule has 0 radical (unpaired) electrons. The van der Waals surface area contributed by atoms with E-state index < -0.39 is 14.4 Å². The lowest BCUT2D eigenvalue weighted by atomic mass is 10.0. The highest BCUT2D eigenvalue weighted by Gasteiger charge is 2.50. The van der Waals surface area contributed by atoms with E-state index in [-0.39, 0.29) is 16.4 Å². The Bertz CT molecular complexity index is 2150. The van der Waals surface area contributed by atoms with Crippen molar-refractivity contribution in [2.24, 2.45) is 0 Å². The Labute approximate surface area is 299 Å². The van der Waals surface area contributed by atoms with Gasteiger partial charge >= 0.3 is 0 Å². The molecule has 2 aromatic heterocycles. The van der Waals surface area contributed by atoms with Gasteiger partial charge in [-0.2, -0.15) is 0 Å². The maximum absolute atomic E-state index is 14.4. The zero-order valence-corrected chi connectivity index (χ0v) is 31.0. The minimum Gasteiger partial charge on any atom is -0.407 e. The maximum Gasteiger partial charge on any atom is 0.261 e. The van der Waals surface area contributed by atoms with E-state index in [0.29, 0.717) is 29.8 Å². The highest BCUT2D eigenvalue weighted by Crippen LogP contribution is 2.37. The fourth-order valence-electron chi connectivity index (χ4n) is 7.04. The predicted octanol–water partition coefficient (Wildman–Crippen LogP) is 7.99. The number of halogens is 1. The van der Waals surface area contributed by atoms with E-state index in [1.54, 1.807) is 29.2 Å². The van der Waals surface area contributed by atoms with Crippen LogP contribution in [-0.2, 0) is 10.8 Å². The molecule has 0 amide bonds. The van der Waals surface area contributed by atoms with Gasteiger partial charge in [-0.05, 0) is 82.8 Å². The number of rotatable bonds is 11. The number of hydrogen-bond donors (Lipinski definition) is 1. The normalized spacial score (nSPS) is 12.6. The molecule has 9 heteroatoms. The topological polar surface area (TPSA) is 64.8 Å².